The molecule has 1 saturated heterocycles. The minimum absolute atomic E-state index is 0.0342. The molecule has 5 heterocycles. The molecule has 3 atom stereocenters. The fourth-order valence-electron chi connectivity index (χ4n) is 7.26. The lowest BCUT2D eigenvalue weighted by Crippen LogP contribution is -2.25. The number of methoxy groups -OCH3 is 1. The van der Waals surface area contributed by atoms with Crippen LogP contribution in [0.15, 0.2) is 18.0 Å². The van der Waals surface area contributed by atoms with E-state index in [1.807, 2.05) is 52.0 Å². The number of carboxylic acid groups (broad SMARTS) is 1. The molecule has 3 aliphatic rings. The molecule has 3 aromatic rings. The van der Waals surface area contributed by atoms with Crippen molar-refractivity contribution in [2.75, 3.05) is 13.7 Å². The summed E-state index contributed by atoms with van der Waals surface area (Å²) in [6, 6.07) is 0. The van der Waals surface area contributed by atoms with Crippen molar-refractivity contribution in [3.63, 3.8) is 0 Å². The number of ketones is 1. The molecule has 6 N–H and O–H groups in total. The van der Waals surface area contributed by atoms with Gasteiger partial charge in [-0.2, -0.15) is 0 Å². The predicted molar refractivity (Wildman–Crippen MR) is 171 cm³/mol. The monoisotopic (exact) mass is 610 g/mol. The third-order valence-corrected chi connectivity index (χ3v) is 9.76. The fraction of sp³-hybridized carbons (Fsp3) is 0.343. The summed E-state index contributed by atoms with van der Waals surface area (Å²) in [5, 5.41) is 24.8. The number of carboxylic acids is 1. The number of aromatic amines is 3. The molecule has 10 heteroatoms. The largest absolute Gasteiger partial charge is 0.481 e. The summed E-state index contributed by atoms with van der Waals surface area (Å²) < 4.78 is 5.14. The van der Waals surface area contributed by atoms with Gasteiger partial charge in [-0.15, -0.1) is 0 Å². The molecule has 0 unspecified atom stereocenters. The number of hydrogen-bond donors (Lipinski definition) is 6. The highest BCUT2D eigenvalue weighted by atomic mass is 16.5. The maximum absolute atomic E-state index is 14.0. The molecule has 1 fully saturated rings. The Morgan fingerprint density at radius 3 is 2.38 bits per heavy atom. The lowest BCUT2D eigenvalue weighted by Gasteiger charge is -2.19. The maximum atomic E-state index is 14.0. The molecule has 8 bridgehead atoms. The van der Waals surface area contributed by atoms with Crippen LogP contribution in [0.25, 0.3) is 29.9 Å². The summed E-state index contributed by atoms with van der Waals surface area (Å²) in [4.78, 5) is 49.5. The minimum atomic E-state index is -1.19. The van der Waals surface area contributed by atoms with Crippen LogP contribution < -0.4 is 16.0 Å². The number of H-pyrrole nitrogens is 3. The van der Waals surface area contributed by atoms with Crippen LogP contribution in [0.2, 0.25) is 0 Å². The topological polar surface area (TPSA) is 160 Å². The molecule has 1 aliphatic carbocycles. The van der Waals surface area contributed by atoms with E-state index in [0.29, 0.717) is 46.6 Å². The first-order valence-electron chi connectivity index (χ1n) is 15.2. The number of allylic oxidation sites excluding steroid dienone is 2. The first kappa shape index (κ1) is 30.2. The van der Waals surface area contributed by atoms with Crippen molar-refractivity contribution in [3.8, 4) is 0 Å². The summed E-state index contributed by atoms with van der Waals surface area (Å²) in [6.07, 6.45) is 8.49. The van der Waals surface area contributed by atoms with Crippen molar-refractivity contribution in [2.24, 2.45) is 17.8 Å². The second-order valence-electron chi connectivity index (χ2n) is 12.1. The van der Waals surface area contributed by atoms with Crippen molar-refractivity contribution in [1.29, 1.82) is 0 Å². The van der Waals surface area contributed by atoms with E-state index in [2.05, 4.69) is 26.8 Å². The van der Waals surface area contributed by atoms with Gasteiger partial charge in [0.15, 0.2) is 5.78 Å². The normalized spacial score (nSPS) is 24.3. The Kier molecular flexibility index (Phi) is 7.56. The summed E-state index contributed by atoms with van der Waals surface area (Å²) in [6.45, 7) is 11.9. The van der Waals surface area contributed by atoms with E-state index in [0.717, 1.165) is 50.0 Å². The highest BCUT2D eigenvalue weighted by Gasteiger charge is 2.48. The van der Waals surface area contributed by atoms with Crippen molar-refractivity contribution >= 4 is 47.6 Å². The molecule has 45 heavy (non-hydrogen) atoms. The zero-order chi connectivity index (χ0) is 32.3. The number of aliphatic carboxylic acids is 1. The van der Waals surface area contributed by atoms with Crippen LogP contribution in [-0.4, -0.2) is 56.6 Å². The lowest BCUT2D eigenvalue weighted by atomic mass is 9.85. The number of carbonyl (C=O) groups excluding carboxylic acids is 2. The first-order chi connectivity index (χ1) is 21.5. The number of esters is 1. The quantitative estimate of drug-likeness (QED) is 0.177. The second-order valence-corrected chi connectivity index (χ2v) is 12.1. The highest BCUT2D eigenvalue weighted by molar-refractivity contribution is 6.24. The number of ether oxygens (including phenoxy) is 1. The molecule has 0 saturated carbocycles. The van der Waals surface area contributed by atoms with E-state index in [4.69, 9.17) is 4.74 Å². The number of hydrogen-bond acceptors (Lipinski definition) is 6. The van der Waals surface area contributed by atoms with Gasteiger partial charge >= 0.3 is 11.9 Å². The Labute approximate surface area is 260 Å². The van der Waals surface area contributed by atoms with Crippen molar-refractivity contribution < 1.29 is 29.3 Å². The van der Waals surface area contributed by atoms with E-state index in [9.17, 15) is 24.6 Å². The minimum Gasteiger partial charge on any atom is -0.481 e. The molecule has 234 valence electrons. The van der Waals surface area contributed by atoms with E-state index in [-0.39, 0.29) is 30.6 Å². The molecule has 0 spiro atoms. The molecular formula is C35H38N4O6. The Hall–Kier alpha value is -4.83. The number of aliphatic hydroxyl groups is 1. The maximum Gasteiger partial charge on any atom is 0.321 e. The second kappa shape index (κ2) is 11.3. The van der Waals surface area contributed by atoms with Gasteiger partial charge < -0.3 is 35.2 Å². The van der Waals surface area contributed by atoms with Crippen molar-refractivity contribution in [2.45, 2.75) is 47.0 Å². The summed E-state index contributed by atoms with van der Waals surface area (Å²) in [7, 11) is 1.26. The third kappa shape index (κ3) is 4.71. The highest BCUT2D eigenvalue weighted by Crippen LogP contribution is 2.48. The number of aromatic nitrogens is 3. The van der Waals surface area contributed by atoms with Crippen molar-refractivity contribution in [1.82, 2.24) is 20.3 Å². The fourth-order valence-corrected chi connectivity index (χ4v) is 7.26. The molecule has 10 nitrogen and oxygen atoms in total. The number of carbonyl (C=O) groups is 3. The SMILES string of the molecule is C=Cc1c2[nH]c(c1C)/C=C1\N/C(=C3\c4[nH]c(c(C)c4C(=O)[C@@H]3C(=O)OC)/C=c3\[nH]/c(c(C)c3CCO)=C\2)[C@@H](CCC(=O)O)[C@@H]1C. The van der Waals surface area contributed by atoms with E-state index >= 15 is 0 Å². The van der Waals surface area contributed by atoms with Crippen LogP contribution in [0.3, 0.4) is 0 Å². The van der Waals surface area contributed by atoms with Gasteiger partial charge in [0.2, 0.25) is 0 Å². The number of aliphatic hydroxyl groups excluding tert-OH is 1. The van der Waals surface area contributed by atoms with Gasteiger partial charge in [0.25, 0.3) is 0 Å². The third-order valence-electron chi connectivity index (χ3n) is 9.76. The predicted octanol–water partition coefficient (Wildman–Crippen LogP) is 3.20. The smallest absolute Gasteiger partial charge is 0.321 e. The average Bonchev–Trinajstić information content (AvgIpc) is 3.74. The molecule has 0 amide bonds. The Bertz CT molecular complexity index is 1980. The average molecular weight is 611 g/mol. The van der Waals surface area contributed by atoms with Gasteiger partial charge in [-0.25, -0.2) is 0 Å². The Morgan fingerprint density at radius 2 is 1.71 bits per heavy atom. The van der Waals surface area contributed by atoms with Crippen LogP contribution in [0.4, 0.5) is 0 Å². The van der Waals surface area contributed by atoms with Gasteiger partial charge in [0, 0.05) is 80.7 Å². The van der Waals surface area contributed by atoms with E-state index in [1.165, 1.54) is 7.11 Å². The molecule has 2 aliphatic heterocycles. The van der Waals surface area contributed by atoms with Gasteiger partial charge in [-0.3, -0.25) is 14.4 Å². The zero-order valence-corrected chi connectivity index (χ0v) is 26.1. The number of Topliss-reactive ketones (excluding diaryl/α,β-unsaturated/α-hetero) is 1. The van der Waals surface area contributed by atoms with Gasteiger partial charge in [-0.05, 0) is 74.1 Å². The summed E-state index contributed by atoms with van der Waals surface area (Å²) in [5.74, 6) is -3.57. The van der Waals surface area contributed by atoms with Crippen LogP contribution in [-0.2, 0) is 20.7 Å². The molecular weight excluding hydrogens is 572 g/mol. The van der Waals surface area contributed by atoms with Gasteiger partial charge in [-0.1, -0.05) is 19.6 Å². The molecule has 3 aromatic heterocycles. The zero-order valence-electron chi connectivity index (χ0n) is 26.1. The Balaban J connectivity index is 1.73. The first-order valence-corrected chi connectivity index (χ1v) is 15.2. The van der Waals surface area contributed by atoms with Crippen molar-refractivity contribution in [3.05, 3.63) is 84.8 Å². The molecule has 0 radical (unpaired) electrons. The standard InChI is InChI=1S/C35H38N4O6/c1-7-19-15(2)22-12-24-17(4)21(8-9-28(41)42)32(38-24)30-31(35(44)45-6)34(43)29-18(5)25(39-33(29)30)14-27-20(10-11-40)16(3)23(37-27)13-26(19)36-22/h7,12-14,17,21,31,36-40H,1,8-11H2,2-6H3,(H,41,42)/b23-13-,24-12-,27-14-,32-30-/t17-,21-,31+/m0/s1. The van der Waals surface area contributed by atoms with Crippen LogP contribution in [0.1, 0.15) is 80.7 Å². The van der Waals surface area contributed by atoms with E-state index < -0.39 is 17.9 Å². The Morgan fingerprint density at radius 1 is 1.00 bits per heavy atom. The van der Waals surface area contributed by atoms with Gasteiger partial charge in [0.1, 0.15) is 5.92 Å². The van der Waals surface area contributed by atoms with E-state index in [1.54, 1.807) is 0 Å². The number of fused-ring (bicyclic) bond motifs is 7. The van der Waals surface area contributed by atoms with Crippen LogP contribution in [0.5, 0.6) is 0 Å². The lowest BCUT2D eigenvalue weighted by molar-refractivity contribution is -0.142. The van der Waals surface area contributed by atoms with Crippen LogP contribution in [0, 0.1) is 38.5 Å². The summed E-state index contributed by atoms with van der Waals surface area (Å²) in [5.41, 5.74) is 9.95. The van der Waals surface area contributed by atoms with Crippen LogP contribution >= 0.6 is 0 Å². The molecule has 6 rings (SSSR count). The number of nitrogens with one attached hydrogen (secondary N) is 4. The van der Waals surface area contributed by atoms with Gasteiger partial charge in [0.05, 0.1) is 12.8 Å². The molecule has 0 aromatic carbocycles. The number of rotatable bonds is 7. The summed E-state index contributed by atoms with van der Waals surface area (Å²) >= 11 is 0.